The average Bonchev–Trinajstić information content (AvgIpc) is 2.10. The Morgan fingerprint density at radius 2 is 2.15 bits per heavy atom. The van der Waals surface area contributed by atoms with Crippen molar-refractivity contribution >= 4 is 6.09 Å². The van der Waals surface area contributed by atoms with Crippen LogP contribution >= 0.6 is 0 Å². The highest BCUT2D eigenvalue weighted by Gasteiger charge is 2.17. The molecule has 2 atom stereocenters. The van der Waals surface area contributed by atoms with Crippen molar-refractivity contribution in [3.63, 3.8) is 0 Å². The van der Waals surface area contributed by atoms with Gasteiger partial charge in [0.1, 0.15) is 0 Å². The van der Waals surface area contributed by atoms with Gasteiger partial charge in [-0.2, -0.15) is 0 Å². The summed E-state index contributed by atoms with van der Waals surface area (Å²) in [5.41, 5.74) is 0. The van der Waals surface area contributed by atoms with Crippen molar-refractivity contribution in [1.82, 2.24) is 5.32 Å². The molecule has 3 N–H and O–H groups in total. The zero-order chi connectivity index (χ0) is 10.3. The number of carboxylic acid groups (broad SMARTS) is 1. The predicted molar refractivity (Wildman–Crippen MR) is 50.5 cm³/mol. The van der Waals surface area contributed by atoms with Crippen molar-refractivity contribution in [2.24, 2.45) is 5.92 Å². The Kier molecular flexibility index (Phi) is 5.63. The number of allylic oxidation sites excluding steroid dienone is 1. The van der Waals surface area contributed by atoms with Crippen molar-refractivity contribution in [2.75, 3.05) is 6.61 Å². The number of hydrogen-bond acceptors (Lipinski definition) is 2. The third kappa shape index (κ3) is 4.32. The van der Waals surface area contributed by atoms with Gasteiger partial charge in [0.25, 0.3) is 0 Å². The topological polar surface area (TPSA) is 69.6 Å². The van der Waals surface area contributed by atoms with E-state index in [1.54, 1.807) is 6.08 Å². The largest absolute Gasteiger partial charge is 0.465 e. The molecule has 0 saturated carbocycles. The first-order valence-corrected chi connectivity index (χ1v) is 3.99. The van der Waals surface area contributed by atoms with Crippen molar-refractivity contribution < 1.29 is 15.0 Å². The van der Waals surface area contributed by atoms with Gasteiger partial charge in [-0.05, 0) is 6.42 Å². The summed E-state index contributed by atoms with van der Waals surface area (Å²) in [4.78, 5) is 10.3. The molecule has 0 aromatic heterocycles. The van der Waals surface area contributed by atoms with Crippen LogP contribution in [0.5, 0.6) is 0 Å². The summed E-state index contributed by atoms with van der Waals surface area (Å²) in [5.74, 6) is -0.189. The summed E-state index contributed by atoms with van der Waals surface area (Å²) in [6, 6.07) is -0.430. The van der Waals surface area contributed by atoms with Crippen molar-refractivity contribution in [3.8, 4) is 0 Å². The predicted octanol–water partition coefficient (Wildman–Crippen LogP) is 0.993. The molecule has 0 fully saturated rings. The van der Waals surface area contributed by atoms with Crippen LogP contribution in [-0.2, 0) is 0 Å². The molecule has 0 aliphatic rings. The van der Waals surface area contributed by atoms with E-state index in [1.165, 1.54) is 6.08 Å². The second-order valence-electron chi connectivity index (χ2n) is 2.68. The Bertz CT molecular complexity index is 191. The van der Waals surface area contributed by atoms with Crippen LogP contribution < -0.4 is 5.32 Å². The second kappa shape index (κ2) is 6.25. The lowest BCUT2D eigenvalue weighted by atomic mass is 9.97. The van der Waals surface area contributed by atoms with Crippen LogP contribution in [-0.4, -0.2) is 29.0 Å². The third-order valence-electron chi connectivity index (χ3n) is 1.76. The van der Waals surface area contributed by atoms with Crippen LogP contribution in [0.4, 0.5) is 4.79 Å². The molecule has 74 valence electrons. The molecule has 0 saturated heterocycles. The number of rotatable bonds is 6. The van der Waals surface area contributed by atoms with Gasteiger partial charge in [0.2, 0.25) is 0 Å². The van der Waals surface area contributed by atoms with Crippen LogP contribution in [0.2, 0.25) is 0 Å². The first kappa shape index (κ1) is 11.7. The molecular weight excluding hydrogens is 170 g/mol. The number of aliphatic hydroxyl groups excluding tert-OH is 1. The minimum atomic E-state index is -1.12. The first-order valence-electron chi connectivity index (χ1n) is 3.99. The molecule has 0 aromatic carbocycles. The van der Waals surface area contributed by atoms with E-state index in [4.69, 9.17) is 10.2 Å². The molecule has 0 spiro atoms. The molecule has 4 nitrogen and oxygen atoms in total. The third-order valence-corrected chi connectivity index (χ3v) is 1.76. The van der Waals surface area contributed by atoms with Crippen LogP contribution in [0.1, 0.15) is 6.42 Å². The fourth-order valence-electron chi connectivity index (χ4n) is 1.06. The standard InChI is InChI=1S/C9H15NO3/c1-3-5-7(6-11)8(4-2)10-9(12)13/h3-4,7-8,10-11H,1-2,5-6H2,(H,12,13). The molecule has 0 aliphatic carbocycles. The lowest BCUT2D eigenvalue weighted by Gasteiger charge is -2.20. The van der Waals surface area contributed by atoms with E-state index < -0.39 is 12.1 Å². The number of carbonyl (C=O) groups is 1. The summed E-state index contributed by atoms with van der Waals surface area (Å²) < 4.78 is 0. The number of aliphatic hydroxyl groups is 1. The maximum absolute atomic E-state index is 10.3. The van der Waals surface area contributed by atoms with E-state index in [9.17, 15) is 4.79 Å². The second-order valence-corrected chi connectivity index (χ2v) is 2.68. The van der Waals surface area contributed by atoms with E-state index in [-0.39, 0.29) is 12.5 Å². The van der Waals surface area contributed by atoms with Crippen LogP contribution in [0.3, 0.4) is 0 Å². The van der Waals surface area contributed by atoms with E-state index >= 15 is 0 Å². The average molecular weight is 185 g/mol. The monoisotopic (exact) mass is 185 g/mol. The van der Waals surface area contributed by atoms with E-state index in [1.807, 2.05) is 0 Å². The lowest BCUT2D eigenvalue weighted by molar-refractivity contribution is 0.174. The fourth-order valence-corrected chi connectivity index (χ4v) is 1.06. The van der Waals surface area contributed by atoms with Crippen LogP contribution in [0, 0.1) is 5.92 Å². The SMILES string of the molecule is C=CCC(CO)C(C=C)NC(=O)O. The highest BCUT2D eigenvalue weighted by atomic mass is 16.4. The van der Waals surface area contributed by atoms with Crippen molar-refractivity contribution in [1.29, 1.82) is 0 Å². The Morgan fingerprint density at radius 3 is 2.46 bits per heavy atom. The molecule has 0 aliphatic heterocycles. The van der Waals surface area contributed by atoms with Crippen molar-refractivity contribution in [3.05, 3.63) is 25.3 Å². The van der Waals surface area contributed by atoms with Gasteiger partial charge in [0.15, 0.2) is 0 Å². The molecule has 0 heterocycles. The molecule has 0 bridgehead atoms. The Hall–Kier alpha value is -1.29. The Labute approximate surface area is 77.6 Å². The summed E-state index contributed by atoms with van der Waals surface area (Å²) in [7, 11) is 0. The highest BCUT2D eigenvalue weighted by molar-refractivity contribution is 5.65. The van der Waals surface area contributed by atoms with Crippen LogP contribution in [0.15, 0.2) is 25.3 Å². The molecule has 1 amide bonds. The van der Waals surface area contributed by atoms with Gasteiger partial charge in [-0.15, -0.1) is 13.2 Å². The van der Waals surface area contributed by atoms with Gasteiger partial charge in [0.05, 0.1) is 6.04 Å². The molecule has 0 radical (unpaired) electrons. The molecule has 13 heavy (non-hydrogen) atoms. The quantitative estimate of drug-likeness (QED) is 0.540. The maximum Gasteiger partial charge on any atom is 0.405 e. The molecule has 2 unspecified atom stereocenters. The van der Waals surface area contributed by atoms with Gasteiger partial charge in [-0.1, -0.05) is 12.2 Å². The number of amides is 1. The summed E-state index contributed by atoms with van der Waals surface area (Å²) in [6.07, 6.45) is 2.54. The van der Waals surface area contributed by atoms with Crippen LogP contribution in [0.25, 0.3) is 0 Å². The summed E-state index contributed by atoms with van der Waals surface area (Å²) in [6.45, 7) is 6.92. The zero-order valence-electron chi connectivity index (χ0n) is 7.44. The number of nitrogens with one attached hydrogen (secondary N) is 1. The highest BCUT2D eigenvalue weighted by Crippen LogP contribution is 2.09. The van der Waals surface area contributed by atoms with E-state index in [0.717, 1.165) is 0 Å². The summed E-state index contributed by atoms with van der Waals surface area (Å²) >= 11 is 0. The molecular formula is C9H15NO3. The molecule has 0 rings (SSSR count). The fraction of sp³-hybridized carbons (Fsp3) is 0.444. The van der Waals surface area contributed by atoms with Gasteiger partial charge < -0.3 is 15.5 Å². The van der Waals surface area contributed by atoms with Crippen molar-refractivity contribution in [2.45, 2.75) is 12.5 Å². The van der Waals surface area contributed by atoms with E-state index in [0.29, 0.717) is 6.42 Å². The first-order chi connectivity index (χ1) is 6.15. The van der Waals surface area contributed by atoms with Gasteiger partial charge in [0, 0.05) is 12.5 Å². The van der Waals surface area contributed by atoms with Gasteiger partial charge >= 0.3 is 6.09 Å². The Morgan fingerprint density at radius 1 is 1.54 bits per heavy atom. The minimum Gasteiger partial charge on any atom is -0.465 e. The molecule has 4 heteroatoms. The van der Waals surface area contributed by atoms with Gasteiger partial charge in [-0.25, -0.2) is 4.79 Å². The molecule has 0 aromatic rings. The number of hydrogen-bond donors (Lipinski definition) is 3. The summed E-state index contributed by atoms with van der Waals surface area (Å²) in [5, 5.41) is 19.7. The van der Waals surface area contributed by atoms with E-state index in [2.05, 4.69) is 18.5 Å². The zero-order valence-corrected chi connectivity index (χ0v) is 7.44. The maximum atomic E-state index is 10.3. The Balaban J connectivity index is 4.23. The minimum absolute atomic E-state index is 0.0943. The van der Waals surface area contributed by atoms with Gasteiger partial charge in [-0.3, -0.25) is 0 Å². The normalized spacial score (nSPS) is 14.2. The lowest BCUT2D eigenvalue weighted by Crippen LogP contribution is -2.39. The smallest absolute Gasteiger partial charge is 0.405 e.